The zero-order valence-electron chi connectivity index (χ0n) is 22.5. The van der Waals surface area contributed by atoms with Crippen molar-refractivity contribution < 1.29 is 13.9 Å². The van der Waals surface area contributed by atoms with Crippen LogP contribution in [0.3, 0.4) is 0 Å². The van der Waals surface area contributed by atoms with Crippen molar-refractivity contribution in [3.05, 3.63) is 101 Å². The van der Waals surface area contributed by atoms with Gasteiger partial charge in [0.1, 0.15) is 17.6 Å². The molecule has 2 atom stereocenters. The first-order valence-corrected chi connectivity index (χ1v) is 13.5. The van der Waals surface area contributed by atoms with Crippen molar-refractivity contribution in [3.63, 3.8) is 0 Å². The fourth-order valence-corrected chi connectivity index (χ4v) is 5.20. The highest BCUT2D eigenvalue weighted by Crippen LogP contribution is 2.44. The van der Waals surface area contributed by atoms with Crippen molar-refractivity contribution in [1.29, 1.82) is 0 Å². The Morgan fingerprint density at radius 1 is 1.10 bits per heavy atom. The van der Waals surface area contributed by atoms with E-state index < -0.39 is 11.2 Å². The Balaban J connectivity index is 1.61. The van der Waals surface area contributed by atoms with E-state index in [1.54, 1.807) is 25.4 Å². The lowest BCUT2D eigenvalue weighted by Crippen LogP contribution is -2.30. The minimum absolute atomic E-state index is 0.0352. The molecule has 206 valence electrons. The summed E-state index contributed by atoms with van der Waals surface area (Å²) in [5.74, 6) is -0.110. The molecule has 7 nitrogen and oxygen atoms in total. The van der Waals surface area contributed by atoms with Gasteiger partial charge < -0.3 is 24.8 Å². The number of carbonyl (C=O) groups excluding carboxylic acids is 1. The summed E-state index contributed by atoms with van der Waals surface area (Å²) < 4.78 is 21.6. The van der Waals surface area contributed by atoms with Gasteiger partial charge in [-0.3, -0.25) is 9.78 Å². The number of rotatable bonds is 6. The molecule has 0 unspecified atom stereocenters. The van der Waals surface area contributed by atoms with Crippen LogP contribution >= 0.6 is 23.8 Å². The van der Waals surface area contributed by atoms with Crippen LogP contribution < -0.4 is 20.3 Å². The van der Waals surface area contributed by atoms with Gasteiger partial charge in [-0.15, -0.1) is 0 Å². The molecule has 1 fully saturated rings. The Kier molecular flexibility index (Phi) is 7.53. The van der Waals surface area contributed by atoms with Crippen molar-refractivity contribution in [3.8, 4) is 11.4 Å². The van der Waals surface area contributed by atoms with Gasteiger partial charge in [-0.1, -0.05) is 38.4 Å². The van der Waals surface area contributed by atoms with Gasteiger partial charge in [-0.2, -0.15) is 0 Å². The van der Waals surface area contributed by atoms with Crippen LogP contribution in [0.4, 0.5) is 15.8 Å². The number of nitrogens with one attached hydrogen (secondary N) is 2. The monoisotopic (exact) mass is 577 g/mol. The molecule has 4 aromatic rings. The van der Waals surface area contributed by atoms with E-state index in [-0.39, 0.29) is 23.0 Å². The third kappa shape index (κ3) is 5.26. The molecule has 0 bridgehead atoms. The quantitative estimate of drug-likeness (QED) is 0.245. The zero-order chi connectivity index (χ0) is 28.6. The summed E-state index contributed by atoms with van der Waals surface area (Å²) in [5, 5.41) is 6.94. The number of pyridine rings is 1. The summed E-state index contributed by atoms with van der Waals surface area (Å²) in [4.78, 5) is 19.3. The first-order valence-electron chi connectivity index (χ1n) is 12.7. The topological polar surface area (TPSA) is 71.4 Å². The molecule has 0 saturated carbocycles. The smallest absolute Gasteiger partial charge is 0.229 e. The Labute approximate surface area is 242 Å². The first-order chi connectivity index (χ1) is 19.1. The van der Waals surface area contributed by atoms with Gasteiger partial charge in [0.15, 0.2) is 5.11 Å². The van der Waals surface area contributed by atoms with E-state index in [4.69, 9.17) is 28.6 Å². The second-order valence-corrected chi connectivity index (χ2v) is 11.3. The minimum Gasteiger partial charge on any atom is -0.494 e. The average molecular weight is 578 g/mol. The number of amides is 1. The number of aromatic nitrogens is 2. The van der Waals surface area contributed by atoms with Crippen LogP contribution in [-0.4, -0.2) is 27.7 Å². The third-order valence-electron chi connectivity index (χ3n) is 6.76. The normalized spacial score (nSPS) is 17.1. The molecule has 1 saturated heterocycles. The summed E-state index contributed by atoms with van der Waals surface area (Å²) >= 11 is 12.0. The standard InChI is InChI=1S/C30H29ClFN5O2S/c1-30(2,3)28(38)34-22-13-11-19(17-25(22)39-4)37-27(26(35-29(37)40)23-8-5-6-14-33-23)24-9-7-15-36(24)18-10-12-21(32)20(31)16-18/h5-17,26-27H,1-4H3,(H,34,38)(H,35,40)/t26-,27+/m0/s1. The second-order valence-electron chi connectivity index (χ2n) is 10.5. The zero-order valence-corrected chi connectivity index (χ0v) is 24.1. The van der Waals surface area contributed by atoms with Gasteiger partial charge in [0.05, 0.1) is 29.6 Å². The summed E-state index contributed by atoms with van der Waals surface area (Å²) in [5.41, 5.74) is 3.15. The molecule has 2 aromatic heterocycles. The largest absolute Gasteiger partial charge is 0.494 e. The number of benzene rings is 2. The molecule has 1 aliphatic rings. The predicted octanol–water partition coefficient (Wildman–Crippen LogP) is 6.84. The van der Waals surface area contributed by atoms with Crippen molar-refractivity contribution in [1.82, 2.24) is 14.9 Å². The van der Waals surface area contributed by atoms with Crippen LogP contribution in [0.5, 0.6) is 5.75 Å². The number of carbonyl (C=O) groups is 1. The number of methoxy groups -OCH3 is 1. The third-order valence-corrected chi connectivity index (χ3v) is 7.36. The molecule has 10 heteroatoms. The van der Waals surface area contributed by atoms with Gasteiger partial charge >= 0.3 is 0 Å². The van der Waals surface area contributed by atoms with Gasteiger partial charge in [-0.05, 0) is 66.8 Å². The number of nitrogens with zero attached hydrogens (tertiary/aromatic N) is 3. The molecular formula is C30H29ClFN5O2S. The number of thiocarbonyl (C=S) groups is 1. The number of hydrogen-bond donors (Lipinski definition) is 2. The van der Waals surface area contributed by atoms with Crippen LogP contribution in [-0.2, 0) is 4.79 Å². The maximum Gasteiger partial charge on any atom is 0.229 e. The minimum atomic E-state index is -0.570. The Morgan fingerprint density at radius 3 is 2.55 bits per heavy atom. The maximum atomic E-state index is 14.0. The van der Waals surface area contributed by atoms with Crippen LogP contribution in [0.1, 0.15) is 44.2 Å². The molecule has 40 heavy (non-hydrogen) atoms. The van der Waals surface area contributed by atoms with E-state index in [0.717, 1.165) is 17.1 Å². The predicted molar refractivity (Wildman–Crippen MR) is 160 cm³/mol. The molecular weight excluding hydrogens is 549 g/mol. The van der Waals surface area contributed by atoms with Gasteiger partial charge in [0.2, 0.25) is 5.91 Å². The SMILES string of the molecule is COc1cc(N2C(=S)N[C@@H](c3ccccn3)[C@H]2c2cccn2-c2ccc(F)c(Cl)c2)ccc1NC(=O)C(C)(C)C. The van der Waals surface area contributed by atoms with Crippen LogP contribution in [0.2, 0.25) is 5.02 Å². The summed E-state index contributed by atoms with van der Waals surface area (Å²) in [6.45, 7) is 5.55. The van der Waals surface area contributed by atoms with Gasteiger partial charge in [0.25, 0.3) is 0 Å². The van der Waals surface area contributed by atoms with Crippen LogP contribution in [0.25, 0.3) is 5.69 Å². The molecule has 0 aliphatic carbocycles. The van der Waals surface area contributed by atoms with E-state index in [1.807, 2.05) is 85.0 Å². The Bertz CT molecular complexity index is 1570. The first kappa shape index (κ1) is 27.6. The fraction of sp³-hybridized carbons (Fsp3) is 0.233. The highest BCUT2D eigenvalue weighted by Gasteiger charge is 2.42. The van der Waals surface area contributed by atoms with Crippen molar-refractivity contribution >= 4 is 46.2 Å². The fourth-order valence-electron chi connectivity index (χ4n) is 4.68. The number of ether oxygens (including phenoxy) is 1. The second kappa shape index (κ2) is 10.9. The number of anilines is 2. The molecule has 1 aliphatic heterocycles. The molecule has 0 spiro atoms. The lowest BCUT2D eigenvalue weighted by Gasteiger charge is -2.29. The maximum absolute atomic E-state index is 14.0. The van der Waals surface area contributed by atoms with E-state index in [0.29, 0.717) is 22.2 Å². The van der Waals surface area contributed by atoms with Gasteiger partial charge in [0, 0.05) is 40.9 Å². The van der Waals surface area contributed by atoms with E-state index in [9.17, 15) is 9.18 Å². The summed E-state index contributed by atoms with van der Waals surface area (Å²) in [6.07, 6.45) is 3.65. The molecule has 2 N–H and O–H groups in total. The molecule has 0 radical (unpaired) electrons. The lowest BCUT2D eigenvalue weighted by atomic mass is 9.95. The molecule has 1 amide bonds. The van der Waals surface area contributed by atoms with Crippen molar-refractivity contribution in [2.75, 3.05) is 17.3 Å². The highest BCUT2D eigenvalue weighted by molar-refractivity contribution is 7.80. The highest BCUT2D eigenvalue weighted by atomic mass is 35.5. The number of hydrogen-bond acceptors (Lipinski definition) is 4. The molecule has 5 rings (SSSR count). The average Bonchev–Trinajstić information content (AvgIpc) is 3.54. The van der Waals surface area contributed by atoms with Crippen molar-refractivity contribution in [2.45, 2.75) is 32.9 Å². The molecule has 3 heterocycles. The lowest BCUT2D eigenvalue weighted by molar-refractivity contribution is -0.123. The Morgan fingerprint density at radius 2 is 1.88 bits per heavy atom. The van der Waals surface area contributed by atoms with Gasteiger partial charge in [-0.25, -0.2) is 4.39 Å². The van der Waals surface area contributed by atoms with Crippen molar-refractivity contribution in [2.24, 2.45) is 5.41 Å². The van der Waals surface area contributed by atoms with Crippen LogP contribution in [0.15, 0.2) is 79.1 Å². The molecule has 2 aromatic carbocycles. The van der Waals surface area contributed by atoms with E-state index in [1.165, 1.54) is 6.07 Å². The van der Waals surface area contributed by atoms with E-state index >= 15 is 0 Å². The number of halogens is 2. The summed E-state index contributed by atoms with van der Waals surface area (Å²) in [7, 11) is 1.56. The Hall–Kier alpha value is -3.95. The van der Waals surface area contributed by atoms with Crippen LogP contribution in [0, 0.1) is 11.2 Å². The van der Waals surface area contributed by atoms with E-state index in [2.05, 4.69) is 15.6 Å². The summed E-state index contributed by atoms with van der Waals surface area (Å²) in [6, 6.07) is 19.2.